The number of carbonyl (C=O) groups is 1. The Hall–Kier alpha value is -2.67. The smallest absolute Gasteiger partial charge is 0.293 e. The third-order valence-electron chi connectivity index (χ3n) is 2.62. The summed E-state index contributed by atoms with van der Waals surface area (Å²) in [5.74, 6) is 0.678. The maximum Gasteiger partial charge on any atom is 0.293 e. The van der Waals surface area contributed by atoms with Gasteiger partial charge in [0.1, 0.15) is 11.5 Å². The van der Waals surface area contributed by atoms with Crippen LogP contribution in [0, 0.1) is 0 Å². The molecule has 0 spiro atoms. The van der Waals surface area contributed by atoms with E-state index in [1.165, 1.54) is 18.6 Å². The van der Waals surface area contributed by atoms with Crippen LogP contribution in [0.15, 0.2) is 35.7 Å². The van der Waals surface area contributed by atoms with Crippen LogP contribution in [0.25, 0.3) is 0 Å². The molecule has 0 atom stereocenters. The molecule has 1 aromatic carbocycles. The standard InChI is InChI=1S/C14H13ClN4O3/c1-21-10-5-9(6-11(7-10)22-2)8-18-19-14(20)12-13(15)17-4-3-16-12/h3-8H,1-2H3,(H,19,20). The third kappa shape index (κ3) is 3.92. The molecule has 0 fully saturated rings. The minimum atomic E-state index is -0.552. The van der Waals surface area contributed by atoms with Crippen LogP contribution in [-0.4, -0.2) is 36.3 Å². The number of hydrogen-bond acceptors (Lipinski definition) is 6. The molecule has 2 aromatic rings. The fourth-order valence-electron chi connectivity index (χ4n) is 1.60. The van der Waals surface area contributed by atoms with E-state index in [1.54, 1.807) is 32.4 Å². The van der Waals surface area contributed by atoms with E-state index in [4.69, 9.17) is 21.1 Å². The van der Waals surface area contributed by atoms with Crippen LogP contribution in [0.4, 0.5) is 0 Å². The van der Waals surface area contributed by atoms with Crippen molar-refractivity contribution in [2.45, 2.75) is 0 Å². The molecular formula is C14H13ClN4O3. The van der Waals surface area contributed by atoms with Crippen molar-refractivity contribution < 1.29 is 14.3 Å². The molecule has 0 aliphatic rings. The molecule has 22 heavy (non-hydrogen) atoms. The highest BCUT2D eigenvalue weighted by Gasteiger charge is 2.11. The SMILES string of the molecule is COc1cc(C=NNC(=O)c2nccnc2Cl)cc(OC)c1. The number of hydrazone groups is 1. The van der Waals surface area contributed by atoms with Gasteiger partial charge in [-0.1, -0.05) is 11.6 Å². The normalized spacial score (nSPS) is 10.5. The predicted octanol–water partition coefficient (Wildman–Crippen LogP) is 1.91. The molecule has 0 saturated carbocycles. The summed E-state index contributed by atoms with van der Waals surface area (Å²) in [7, 11) is 3.10. The van der Waals surface area contributed by atoms with Crippen molar-refractivity contribution in [2.24, 2.45) is 5.10 Å². The van der Waals surface area contributed by atoms with Crippen molar-refractivity contribution in [1.82, 2.24) is 15.4 Å². The van der Waals surface area contributed by atoms with Crippen molar-refractivity contribution in [3.63, 3.8) is 0 Å². The second kappa shape index (κ2) is 7.37. The van der Waals surface area contributed by atoms with Crippen molar-refractivity contribution in [1.29, 1.82) is 0 Å². The van der Waals surface area contributed by atoms with E-state index in [9.17, 15) is 4.79 Å². The summed E-state index contributed by atoms with van der Waals surface area (Å²) in [5, 5.41) is 3.86. The van der Waals surface area contributed by atoms with Gasteiger partial charge in [-0.25, -0.2) is 15.4 Å². The quantitative estimate of drug-likeness (QED) is 0.672. The van der Waals surface area contributed by atoms with Gasteiger partial charge in [-0.3, -0.25) is 4.79 Å². The number of rotatable bonds is 5. The molecular weight excluding hydrogens is 308 g/mol. The van der Waals surface area contributed by atoms with Gasteiger partial charge in [0.05, 0.1) is 20.4 Å². The highest BCUT2D eigenvalue weighted by Crippen LogP contribution is 2.21. The topological polar surface area (TPSA) is 85.7 Å². The molecule has 0 aliphatic heterocycles. The summed E-state index contributed by atoms with van der Waals surface area (Å²) in [6.07, 6.45) is 4.22. The Kier molecular flexibility index (Phi) is 5.26. The average molecular weight is 321 g/mol. The number of nitrogens with one attached hydrogen (secondary N) is 1. The summed E-state index contributed by atoms with van der Waals surface area (Å²) >= 11 is 5.77. The zero-order valence-electron chi connectivity index (χ0n) is 11.9. The van der Waals surface area contributed by atoms with Gasteiger partial charge >= 0.3 is 0 Å². The minimum Gasteiger partial charge on any atom is -0.497 e. The van der Waals surface area contributed by atoms with Crippen LogP contribution in [-0.2, 0) is 0 Å². The van der Waals surface area contributed by atoms with Gasteiger partial charge < -0.3 is 9.47 Å². The number of ether oxygens (including phenoxy) is 2. The molecule has 114 valence electrons. The first-order valence-electron chi connectivity index (χ1n) is 6.17. The lowest BCUT2D eigenvalue weighted by Gasteiger charge is -2.05. The third-order valence-corrected chi connectivity index (χ3v) is 2.90. The van der Waals surface area contributed by atoms with Crippen LogP contribution in [0.1, 0.15) is 16.1 Å². The summed E-state index contributed by atoms with van der Waals surface area (Å²) in [5.41, 5.74) is 3.03. The van der Waals surface area contributed by atoms with Gasteiger partial charge in [-0.2, -0.15) is 5.10 Å². The fraction of sp³-hybridized carbons (Fsp3) is 0.143. The largest absolute Gasteiger partial charge is 0.497 e. The van der Waals surface area contributed by atoms with Crippen molar-refractivity contribution >= 4 is 23.7 Å². The maximum atomic E-state index is 11.8. The summed E-state index contributed by atoms with van der Waals surface area (Å²) in [4.78, 5) is 19.4. The summed E-state index contributed by atoms with van der Waals surface area (Å²) in [6.45, 7) is 0. The number of nitrogens with zero attached hydrogens (tertiary/aromatic N) is 3. The molecule has 8 heteroatoms. The molecule has 7 nitrogen and oxygen atoms in total. The number of carbonyl (C=O) groups excluding carboxylic acids is 1. The van der Waals surface area contributed by atoms with Gasteiger partial charge in [-0.15, -0.1) is 0 Å². The number of halogens is 1. The Morgan fingerprint density at radius 1 is 1.18 bits per heavy atom. The Morgan fingerprint density at radius 2 is 1.82 bits per heavy atom. The van der Waals surface area contributed by atoms with E-state index in [2.05, 4.69) is 20.5 Å². The lowest BCUT2D eigenvalue weighted by atomic mass is 10.2. The van der Waals surface area contributed by atoms with Crippen LogP contribution in [0.2, 0.25) is 5.15 Å². The van der Waals surface area contributed by atoms with Crippen LogP contribution in [0.3, 0.4) is 0 Å². The molecule has 2 rings (SSSR count). The van der Waals surface area contributed by atoms with Gasteiger partial charge in [0.15, 0.2) is 10.8 Å². The Bertz CT molecular complexity index is 684. The first-order chi connectivity index (χ1) is 10.6. The van der Waals surface area contributed by atoms with Crippen LogP contribution in [0.5, 0.6) is 11.5 Å². The van der Waals surface area contributed by atoms with Gasteiger partial charge in [0.2, 0.25) is 0 Å². The zero-order chi connectivity index (χ0) is 15.9. The second-order valence-electron chi connectivity index (χ2n) is 4.04. The lowest BCUT2D eigenvalue weighted by molar-refractivity contribution is 0.0950. The monoisotopic (exact) mass is 320 g/mol. The first-order valence-corrected chi connectivity index (χ1v) is 6.55. The molecule has 0 unspecified atom stereocenters. The average Bonchev–Trinajstić information content (AvgIpc) is 2.54. The molecule has 0 saturated heterocycles. The van der Waals surface area contributed by atoms with Crippen molar-refractivity contribution in [2.75, 3.05) is 14.2 Å². The highest BCUT2D eigenvalue weighted by atomic mass is 35.5. The molecule has 0 aliphatic carbocycles. The van der Waals surface area contributed by atoms with E-state index >= 15 is 0 Å². The molecule has 1 aromatic heterocycles. The molecule has 1 heterocycles. The van der Waals surface area contributed by atoms with Crippen LogP contribution >= 0.6 is 11.6 Å². The predicted molar refractivity (Wildman–Crippen MR) is 81.6 cm³/mol. The Morgan fingerprint density at radius 3 is 2.41 bits per heavy atom. The highest BCUT2D eigenvalue weighted by molar-refractivity contribution is 6.32. The summed E-state index contributed by atoms with van der Waals surface area (Å²) < 4.78 is 10.3. The fourth-order valence-corrected chi connectivity index (χ4v) is 1.79. The lowest BCUT2D eigenvalue weighted by Crippen LogP contribution is -2.19. The number of benzene rings is 1. The van der Waals surface area contributed by atoms with Crippen molar-refractivity contribution in [3.8, 4) is 11.5 Å². The van der Waals surface area contributed by atoms with E-state index in [-0.39, 0.29) is 10.8 Å². The number of amides is 1. The molecule has 1 amide bonds. The zero-order valence-corrected chi connectivity index (χ0v) is 12.7. The van der Waals surface area contributed by atoms with E-state index in [1.807, 2.05) is 0 Å². The Labute approximate surface area is 131 Å². The first kappa shape index (κ1) is 15.7. The molecule has 0 bridgehead atoms. The van der Waals surface area contributed by atoms with E-state index in [0.717, 1.165) is 0 Å². The number of methoxy groups -OCH3 is 2. The van der Waals surface area contributed by atoms with Gasteiger partial charge in [-0.05, 0) is 12.1 Å². The molecule has 0 radical (unpaired) electrons. The molecule has 1 N–H and O–H groups in total. The van der Waals surface area contributed by atoms with E-state index < -0.39 is 5.91 Å². The Balaban J connectivity index is 2.09. The maximum absolute atomic E-state index is 11.8. The minimum absolute atomic E-state index is 0.00420. The van der Waals surface area contributed by atoms with Crippen molar-refractivity contribution in [3.05, 3.63) is 47.0 Å². The number of hydrogen-bond donors (Lipinski definition) is 1. The van der Waals surface area contributed by atoms with E-state index in [0.29, 0.717) is 17.1 Å². The van der Waals surface area contributed by atoms with Gasteiger partial charge in [0.25, 0.3) is 5.91 Å². The van der Waals surface area contributed by atoms with Gasteiger partial charge in [0, 0.05) is 24.0 Å². The second-order valence-corrected chi connectivity index (χ2v) is 4.40. The van der Waals surface area contributed by atoms with Crippen LogP contribution < -0.4 is 14.9 Å². The summed E-state index contributed by atoms with van der Waals surface area (Å²) in [6, 6.07) is 5.22. The number of aromatic nitrogens is 2.